The van der Waals surface area contributed by atoms with Gasteiger partial charge in [-0.1, -0.05) is 18.4 Å². The van der Waals surface area contributed by atoms with E-state index in [4.69, 9.17) is 4.42 Å². The molecule has 0 bridgehead atoms. The summed E-state index contributed by atoms with van der Waals surface area (Å²) in [5, 5.41) is 19.2. The van der Waals surface area contributed by atoms with Gasteiger partial charge in [-0.3, -0.25) is 19.8 Å². The molecule has 0 spiro atoms. The van der Waals surface area contributed by atoms with Crippen LogP contribution in [0.15, 0.2) is 4.42 Å². The van der Waals surface area contributed by atoms with E-state index in [9.17, 15) is 14.7 Å². The number of aryl methyl sites for hydroxylation is 1. The van der Waals surface area contributed by atoms with Crippen molar-refractivity contribution < 1.29 is 19.1 Å². The van der Waals surface area contributed by atoms with E-state index >= 15 is 0 Å². The number of rotatable bonds is 6. The highest BCUT2D eigenvalue weighted by molar-refractivity contribution is 5.90. The van der Waals surface area contributed by atoms with Crippen molar-refractivity contribution in [2.75, 3.05) is 25.0 Å². The number of hydrogen-bond donors (Lipinski definition) is 2. The second-order valence-corrected chi connectivity index (χ2v) is 5.47. The zero-order valence-corrected chi connectivity index (χ0v) is 12.3. The Kier molecular flexibility index (Phi) is 4.56. The number of nitrogens with one attached hydrogen (secondary N) is 1. The molecule has 1 atom stereocenters. The molecule has 1 aromatic heterocycles. The fourth-order valence-electron chi connectivity index (χ4n) is 2.77. The molecular formula is C13H20N4O4. The average molecular weight is 296 g/mol. The first-order chi connectivity index (χ1) is 9.95. The van der Waals surface area contributed by atoms with Crippen LogP contribution in [0.4, 0.5) is 6.01 Å². The second-order valence-electron chi connectivity index (χ2n) is 5.47. The quantitative estimate of drug-likeness (QED) is 0.802. The fourth-order valence-corrected chi connectivity index (χ4v) is 2.77. The highest BCUT2D eigenvalue weighted by Crippen LogP contribution is 2.35. The topological polar surface area (TPSA) is 109 Å². The molecule has 1 aliphatic heterocycles. The minimum absolute atomic E-state index is 0.0646. The molecule has 1 unspecified atom stereocenters. The van der Waals surface area contributed by atoms with Gasteiger partial charge in [0.2, 0.25) is 11.8 Å². The predicted octanol–water partition coefficient (Wildman–Crippen LogP) is 0.893. The smallest absolute Gasteiger partial charge is 0.322 e. The van der Waals surface area contributed by atoms with Gasteiger partial charge in [-0.2, -0.15) is 0 Å². The van der Waals surface area contributed by atoms with Gasteiger partial charge in [0.05, 0.1) is 12.0 Å². The van der Waals surface area contributed by atoms with E-state index in [1.54, 1.807) is 6.92 Å². The molecule has 1 saturated heterocycles. The molecule has 2 N–H and O–H groups in total. The third kappa shape index (κ3) is 3.57. The Morgan fingerprint density at radius 3 is 2.81 bits per heavy atom. The Balaban J connectivity index is 1.89. The molecule has 2 heterocycles. The van der Waals surface area contributed by atoms with Crippen molar-refractivity contribution in [3.05, 3.63) is 5.89 Å². The van der Waals surface area contributed by atoms with Gasteiger partial charge in [0.15, 0.2) is 0 Å². The van der Waals surface area contributed by atoms with E-state index < -0.39 is 11.4 Å². The third-order valence-electron chi connectivity index (χ3n) is 3.75. The van der Waals surface area contributed by atoms with Crippen LogP contribution >= 0.6 is 0 Å². The lowest BCUT2D eigenvalue weighted by Gasteiger charge is -2.23. The molecule has 21 heavy (non-hydrogen) atoms. The number of carbonyl (C=O) groups excluding carboxylic acids is 1. The van der Waals surface area contributed by atoms with Gasteiger partial charge in [0, 0.05) is 13.5 Å². The summed E-state index contributed by atoms with van der Waals surface area (Å²) in [6, 6.07) is 0.0646. The van der Waals surface area contributed by atoms with Gasteiger partial charge < -0.3 is 9.52 Å². The summed E-state index contributed by atoms with van der Waals surface area (Å²) in [6.45, 7) is 4.72. The van der Waals surface area contributed by atoms with Crippen molar-refractivity contribution in [3.63, 3.8) is 0 Å². The lowest BCUT2D eigenvalue weighted by molar-refractivity contribution is -0.148. The number of carboxylic acid groups (broad SMARTS) is 1. The van der Waals surface area contributed by atoms with Gasteiger partial charge in [-0.05, 0) is 19.4 Å². The largest absolute Gasteiger partial charge is 0.481 e. The van der Waals surface area contributed by atoms with E-state index in [1.165, 1.54) is 0 Å². The zero-order chi connectivity index (χ0) is 15.5. The molecule has 0 aromatic carbocycles. The van der Waals surface area contributed by atoms with Gasteiger partial charge in [-0.15, -0.1) is 5.10 Å². The van der Waals surface area contributed by atoms with Crippen LogP contribution in [-0.2, 0) is 9.59 Å². The number of aromatic nitrogens is 2. The predicted molar refractivity (Wildman–Crippen MR) is 73.7 cm³/mol. The summed E-state index contributed by atoms with van der Waals surface area (Å²) in [7, 11) is 0. The Morgan fingerprint density at radius 1 is 1.48 bits per heavy atom. The van der Waals surface area contributed by atoms with Crippen molar-refractivity contribution in [2.24, 2.45) is 5.41 Å². The molecule has 1 aliphatic rings. The fraction of sp³-hybridized carbons (Fsp3) is 0.692. The minimum atomic E-state index is -0.778. The lowest BCUT2D eigenvalue weighted by atomic mass is 9.83. The molecule has 0 saturated carbocycles. The van der Waals surface area contributed by atoms with E-state index in [1.807, 2.05) is 11.8 Å². The van der Waals surface area contributed by atoms with Crippen LogP contribution in [0.5, 0.6) is 0 Å². The Bertz CT molecular complexity index is 530. The summed E-state index contributed by atoms with van der Waals surface area (Å²) < 4.78 is 5.07. The van der Waals surface area contributed by atoms with E-state index in [0.717, 1.165) is 6.42 Å². The molecule has 8 heteroatoms. The number of hydrogen-bond acceptors (Lipinski definition) is 6. The van der Waals surface area contributed by atoms with Crippen LogP contribution < -0.4 is 5.32 Å². The lowest BCUT2D eigenvalue weighted by Crippen LogP contribution is -2.37. The maximum Gasteiger partial charge on any atom is 0.322 e. The monoisotopic (exact) mass is 296 g/mol. The highest BCUT2D eigenvalue weighted by Gasteiger charge is 2.44. The average Bonchev–Trinajstić information content (AvgIpc) is 2.98. The molecule has 1 fully saturated rings. The highest BCUT2D eigenvalue weighted by atomic mass is 16.4. The number of carbonyl (C=O) groups is 2. The van der Waals surface area contributed by atoms with Crippen LogP contribution in [-0.4, -0.2) is 51.7 Å². The van der Waals surface area contributed by atoms with Crippen molar-refractivity contribution in [1.29, 1.82) is 0 Å². The molecule has 0 radical (unpaired) electrons. The molecule has 116 valence electrons. The minimum Gasteiger partial charge on any atom is -0.481 e. The van der Waals surface area contributed by atoms with E-state index in [0.29, 0.717) is 31.8 Å². The summed E-state index contributed by atoms with van der Waals surface area (Å²) >= 11 is 0. The van der Waals surface area contributed by atoms with Gasteiger partial charge >= 0.3 is 12.0 Å². The number of aliphatic carboxylic acids is 1. The Hall–Kier alpha value is -1.96. The van der Waals surface area contributed by atoms with E-state index in [2.05, 4.69) is 15.5 Å². The first-order valence-corrected chi connectivity index (χ1v) is 7.01. The second kappa shape index (κ2) is 6.21. The Morgan fingerprint density at radius 2 is 2.24 bits per heavy atom. The number of amides is 1. The zero-order valence-electron chi connectivity index (χ0n) is 12.3. The standard InChI is InChI=1S/C13H20N4O4/c1-3-4-13(11(19)20)5-6-17(8-13)7-10(18)14-12-16-15-9(2)21-12/h3-8H2,1-2H3,(H,19,20)(H,14,16,18). The maximum atomic E-state index is 11.9. The molecule has 8 nitrogen and oxygen atoms in total. The van der Waals surface area contributed by atoms with Crippen LogP contribution in [0, 0.1) is 12.3 Å². The summed E-state index contributed by atoms with van der Waals surface area (Å²) in [6.07, 6.45) is 2.01. The van der Waals surface area contributed by atoms with Gasteiger partial charge in [0.25, 0.3) is 0 Å². The van der Waals surface area contributed by atoms with Crippen molar-refractivity contribution in [1.82, 2.24) is 15.1 Å². The van der Waals surface area contributed by atoms with Gasteiger partial charge in [0.1, 0.15) is 0 Å². The van der Waals surface area contributed by atoms with Crippen LogP contribution in [0.25, 0.3) is 0 Å². The first-order valence-electron chi connectivity index (χ1n) is 7.01. The van der Waals surface area contributed by atoms with Gasteiger partial charge in [-0.25, -0.2) is 0 Å². The van der Waals surface area contributed by atoms with Crippen LogP contribution in [0.3, 0.4) is 0 Å². The van der Waals surface area contributed by atoms with Crippen molar-refractivity contribution in [3.8, 4) is 0 Å². The molecule has 1 aromatic rings. The molecular weight excluding hydrogens is 276 g/mol. The molecule has 1 amide bonds. The van der Waals surface area contributed by atoms with Crippen molar-refractivity contribution in [2.45, 2.75) is 33.1 Å². The summed E-state index contributed by atoms with van der Waals surface area (Å²) in [5.41, 5.74) is -0.726. The summed E-state index contributed by atoms with van der Waals surface area (Å²) in [5.74, 6) is -0.685. The molecule has 2 rings (SSSR count). The number of likely N-dealkylation sites (tertiary alicyclic amines) is 1. The number of carboxylic acids is 1. The number of nitrogens with zero attached hydrogens (tertiary/aromatic N) is 3. The maximum absolute atomic E-state index is 11.9. The van der Waals surface area contributed by atoms with Crippen LogP contribution in [0.2, 0.25) is 0 Å². The molecule has 0 aliphatic carbocycles. The Labute approximate surface area is 122 Å². The third-order valence-corrected chi connectivity index (χ3v) is 3.75. The van der Waals surface area contributed by atoms with Crippen molar-refractivity contribution >= 4 is 17.9 Å². The van der Waals surface area contributed by atoms with Crippen LogP contribution in [0.1, 0.15) is 32.1 Å². The summed E-state index contributed by atoms with van der Waals surface area (Å²) in [4.78, 5) is 25.2. The van der Waals surface area contributed by atoms with E-state index in [-0.39, 0.29) is 18.5 Å². The SMILES string of the molecule is CCCC1(C(=O)O)CCN(CC(=O)Nc2nnc(C)o2)C1. The normalized spacial score (nSPS) is 22.4. The first kappa shape index (κ1) is 15.4. The number of anilines is 1.